The molecule has 132 valence electrons. The fraction of sp³-hybridized carbons (Fsp3) is 0.368. The molecule has 3 rings (SSSR count). The Hall–Kier alpha value is -2.60. The van der Waals surface area contributed by atoms with Crippen LogP contribution in [0.3, 0.4) is 0 Å². The molecule has 1 N–H and O–H groups in total. The molecule has 0 bridgehead atoms. The summed E-state index contributed by atoms with van der Waals surface area (Å²) < 4.78 is 5.58. The van der Waals surface area contributed by atoms with Crippen LogP contribution < -0.4 is 0 Å². The van der Waals surface area contributed by atoms with E-state index in [4.69, 9.17) is 4.42 Å². The van der Waals surface area contributed by atoms with Crippen LogP contribution >= 0.6 is 0 Å². The summed E-state index contributed by atoms with van der Waals surface area (Å²) in [6, 6.07) is 12.8. The molecule has 2 aromatic rings. The van der Waals surface area contributed by atoms with E-state index < -0.39 is 12.0 Å². The quantitative estimate of drug-likeness (QED) is 0.872. The third-order valence-electron chi connectivity index (χ3n) is 4.43. The number of carbonyl (C=O) groups is 2. The maximum absolute atomic E-state index is 12.9. The highest BCUT2D eigenvalue weighted by Crippen LogP contribution is 2.20. The average Bonchev–Trinajstić information content (AvgIpc) is 2.99. The van der Waals surface area contributed by atoms with Crippen LogP contribution in [0.4, 0.5) is 0 Å². The fourth-order valence-electron chi connectivity index (χ4n) is 3.18. The second kappa shape index (κ2) is 7.53. The molecule has 1 fully saturated rings. The van der Waals surface area contributed by atoms with Gasteiger partial charge < -0.3 is 14.4 Å². The number of carboxylic acid groups (broad SMARTS) is 1. The van der Waals surface area contributed by atoms with Crippen LogP contribution in [0.25, 0.3) is 0 Å². The number of hydrogen-bond donors (Lipinski definition) is 1. The van der Waals surface area contributed by atoms with Crippen molar-refractivity contribution >= 4 is 11.9 Å². The Morgan fingerprint density at radius 1 is 1.16 bits per heavy atom. The third-order valence-corrected chi connectivity index (χ3v) is 4.43. The molecule has 6 nitrogen and oxygen atoms in total. The summed E-state index contributed by atoms with van der Waals surface area (Å²) in [4.78, 5) is 27.8. The van der Waals surface area contributed by atoms with Gasteiger partial charge in [0.25, 0.3) is 0 Å². The van der Waals surface area contributed by atoms with Crippen LogP contribution in [0, 0.1) is 6.92 Å². The minimum atomic E-state index is -0.972. The molecule has 1 aromatic carbocycles. The first-order valence-corrected chi connectivity index (χ1v) is 8.37. The Morgan fingerprint density at radius 3 is 2.56 bits per heavy atom. The first kappa shape index (κ1) is 17.2. The molecule has 1 saturated heterocycles. The average molecular weight is 342 g/mol. The number of benzene rings is 1. The summed E-state index contributed by atoms with van der Waals surface area (Å²) in [5.41, 5.74) is 1.04. The van der Waals surface area contributed by atoms with E-state index in [1.165, 1.54) is 0 Å². The number of rotatable bonds is 6. The van der Waals surface area contributed by atoms with Gasteiger partial charge in [0, 0.05) is 19.6 Å². The summed E-state index contributed by atoms with van der Waals surface area (Å²) >= 11 is 0. The lowest BCUT2D eigenvalue weighted by molar-refractivity contribution is -0.150. The van der Waals surface area contributed by atoms with Crippen molar-refractivity contribution < 1.29 is 19.1 Å². The standard InChI is InChI=1S/C19H22N2O4/c1-14-7-8-16(25-14)13-20-9-10-21(12-15-5-3-2-4-6-15)19(24)17(20)11-18(22)23/h2-8,17H,9-13H2,1H3,(H,22,23). The summed E-state index contributed by atoms with van der Waals surface area (Å²) in [6.45, 7) is 4.00. The molecule has 1 aliphatic heterocycles. The number of carboxylic acids is 1. The van der Waals surface area contributed by atoms with Crippen molar-refractivity contribution in [3.8, 4) is 0 Å². The molecular formula is C19H22N2O4. The van der Waals surface area contributed by atoms with Gasteiger partial charge in [0.05, 0.1) is 13.0 Å². The number of amides is 1. The lowest BCUT2D eigenvalue weighted by atomic mass is 10.1. The van der Waals surface area contributed by atoms with Gasteiger partial charge in [-0.05, 0) is 24.6 Å². The van der Waals surface area contributed by atoms with E-state index in [9.17, 15) is 14.7 Å². The first-order chi connectivity index (χ1) is 12.0. The molecule has 2 heterocycles. The summed E-state index contributed by atoms with van der Waals surface area (Å²) in [5, 5.41) is 9.23. The van der Waals surface area contributed by atoms with Gasteiger partial charge in [-0.1, -0.05) is 30.3 Å². The van der Waals surface area contributed by atoms with Crippen LogP contribution in [-0.2, 0) is 22.7 Å². The Labute approximate surface area is 146 Å². The first-order valence-electron chi connectivity index (χ1n) is 8.37. The minimum Gasteiger partial charge on any atom is -0.481 e. The van der Waals surface area contributed by atoms with Gasteiger partial charge in [0.15, 0.2) is 0 Å². The molecule has 1 atom stereocenters. The van der Waals surface area contributed by atoms with Crippen LogP contribution in [0.2, 0.25) is 0 Å². The van der Waals surface area contributed by atoms with Crippen molar-refractivity contribution in [2.75, 3.05) is 13.1 Å². The number of carbonyl (C=O) groups excluding carboxylic acids is 1. The van der Waals surface area contributed by atoms with E-state index in [0.29, 0.717) is 26.2 Å². The summed E-state index contributed by atoms with van der Waals surface area (Å²) in [5.74, 6) is 0.442. The highest BCUT2D eigenvalue weighted by Gasteiger charge is 2.36. The van der Waals surface area contributed by atoms with Crippen LogP contribution in [0.15, 0.2) is 46.9 Å². The van der Waals surface area contributed by atoms with Crippen molar-refractivity contribution in [3.05, 3.63) is 59.5 Å². The van der Waals surface area contributed by atoms with Gasteiger partial charge in [0.1, 0.15) is 17.6 Å². The number of nitrogens with zero attached hydrogens (tertiary/aromatic N) is 2. The number of hydrogen-bond acceptors (Lipinski definition) is 4. The molecule has 25 heavy (non-hydrogen) atoms. The Kier molecular flexibility index (Phi) is 5.19. The molecule has 1 aromatic heterocycles. The predicted octanol–water partition coefficient (Wildman–Crippen LogP) is 2.28. The lowest BCUT2D eigenvalue weighted by Gasteiger charge is -2.39. The van der Waals surface area contributed by atoms with Crippen molar-refractivity contribution in [1.29, 1.82) is 0 Å². The van der Waals surface area contributed by atoms with Crippen LogP contribution in [0.5, 0.6) is 0 Å². The molecule has 1 amide bonds. The van der Waals surface area contributed by atoms with E-state index in [2.05, 4.69) is 0 Å². The fourth-order valence-corrected chi connectivity index (χ4v) is 3.18. The zero-order valence-electron chi connectivity index (χ0n) is 14.2. The molecule has 1 aliphatic rings. The monoisotopic (exact) mass is 342 g/mol. The van der Waals surface area contributed by atoms with Crippen molar-refractivity contribution in [1.82, 2.24) is 9.80 Å². The molecule has 0 spiro atoms. The SMILES string of the molecule is Cc1ccc(CN2CCN(Cc3ccccc3)C(=O)C2CC(=O)O)o1. The Bertz CT molecular complexity index is 741. The molecule has 6 heteroatoms. The smallest absolute Gasteiger partial charge is 0.305 e. The third kappa shape index (κ3) is 4.28. The topological polar surface area (TPSA) is 74.0 Å². The molecule has 0 saturated carbocycles. The predicted molar refractivity (Wildman–Crippen MR) is 91.8 cm³/mol. The van der Waals surface area contributed by atoms with Gasteiger partial charge in [-0.15, -0.1) is 0 Å². The van der Waals surface area contributed by atoms with Gasteiger partial charge in [0.2, 0.25) is 5.91 Å². The number of piperazine rings is 1. The molecular weight excluding hydrogens is 320 g/mol. The number of aliphatic carboxylic acids is 1. The summed E-state index contributed by atoms with van der Waals surface area (Å²) in [7, 11) is 0. The molecule has 0 aliphatic carbocycles. The van der Waals surface area contributed by atoms with Crippen molar-refractivity contribution in [2.24, 2.45) is 0 Å². The van der Waals surface area contributed by atoms with Gasteiger partial charge in [-0.25, -0.2) is 0 Å². The molecule has 0 radical (unpaired) electrons. The second-order valence-corrected chi connectivity index (χ2v) is 6.34. The van der Waals surface area contributed by atoms with Crippen molar-refractivity contribution in [2.45, 2.75) is 32.5 Å². The zero-order valence-corrected chi connectivity index (χ0v) is 14.2. The number of aryl methyl sites for hydroxylation is 1. The van der Waals surface area contributed by atoms with E-state index in [1.54, 1.807) is 4.90 Å². The van der Waals surface area contributed by atoms with E-state index in [-0.39, 0.29) is 12.3 Å². The highest BCUT2D eigenvalue weighted by atomic mass is 16.4. The van der Waals surface area contributed by atoms with Crippen LogP contribution in [-0.4, -0.2) is 45.9 Å². The second-order valence-electron chi connectivity index (χ2n) is 6.34. The largest absolute Gasteiger partial charge is 0.481 e. The van der Waals surface area contributed by atoms with Crippen molar-refractivity contribution in [3.63, 3.8) is 0 Å². The zero-order chi connectivity index (χ0) is 17.8. The Balaban J connectivity index is 1.73. The maximum Gasteiger partial charge on any atom is 0.305 e. The Morgan fingerprint density at radius 2 is 1.92 bits per heavy atom. The minimum absolute atomic E-state index is 0.138. The van der Waals surface area contributed by atoms with Gasteiger partial charge >= 0.3 is 5.97 Å². The molecule has 1 unspecified atom stereocenters. The van der Waals surface area contributed by atoms with E-state index in [1.807, 2.05) is 54.3 Å². The highest BCUT2D eigenvalue weighted by molar-refractivity contribution is 5.86. The number of furan rings is 1. The maximum atomic E-state index is 12.9. The van der Waals surface area contributed by atoms with E-state index >= 15 is 0 Å². The normalized spacial score (nSPS) is 18.5. The lowest BCUT2D eigenvalue weighted by Crippen LogP contribution is -2.56. The van der Waals surface area contributed by atoms with Gasteiger partial charge in [-0.2, -0.15) is 0 Å². The van der Waals surface area contributed by atoms with E-state index in [0.717, 1.165) is 17.1 Å². The van der Waals surface area contributed by atoms with Gasteiger partial charge in [-0.3, -0.25) is 14.5 Å². The van der Waals surface area contributed by atoms with Crippen LogP contribution in [0.1, 0.15) is 23.5 Å². The summed E-state index contributed by atoms with van der Waals surface area (Å²) in [6.07, 6.45) is -0.205.